The molecule has 0 fully saturated rings. The number of nitrogens with one attached hydrogen (secondary N) is 1. The number of rotatable bonds is 7. The first-order valence-electron chi connectivity index (χ1n) is 9.69. The summed E-state index contributed by atoms with van der Waals surface area (Å²) in [5.41, 5.74) is 1.86. The van der Waals surface area contributed by atoms with Crippen LogP contribution >= 0.6 is 12.2 Å². The maximum absolute atomic E-state index is 13.0. The van der Waals surface area contributed by atoms with E-state index in [9.17, 15) is 4.79 Å². The zero-order valence-electron chi connectivity index (χ0n) is 17.0. The van der Waals surface area contributed by atoms with Crippen LogP contribution in [0.15, 0.2) is 66.0 Å². The lowest BCUT2D eigenvalue weighted by molar-refractivity contribution is -0.917. The quantitative estimate of drug-likeness (QED) is 0.366. The van der Waals surface area contributed by atoms with Gasteiger partial charge < -0.3 is 9.64 Å². The van der Waals surface area contributed by atoms with Gasteiger partial charge in [0, 0.05) is 12.1 Å². The molecule has 30 heavy (non-hydrogen) atoms. The van der Waals surface area contributed by atoms with Crippen LogP contribution in [0.4, 0.5) is 0 Å². The third-order valence-corrected chi connectivity index (χ3v) is 5.47. The monoisotopic (exact) mass is 422 g/mol. The smallest absolute Gasteiger partial charge is 0.263 e. The summed E-state index contributed by atoms with van der Waals surface area (Å²) in [5.74, 6) is 1.37. The Kier molecular flexibility index (Phi) is 5.52. The van der Waals surface area contributed by atoms with Crippen LogP contribution in [0.2, 0.25) is 0 Å². The first kappa shape index (κ1) is 20.1. The third kappa shape index (κ3) is 3.55. The molecule has 1 atom stereocenters. The molecule has 1 unspecified atom stereocenters. The molecule has 0 bridgehead atoms. The van der Waals surface area contributed by atoms with E-state index in [1.54, 1.807) is 22.4 Å². The van der Waals surface area contributed by atoms with Gasteiger partial charge in [0.15, 0.2) is 6.67 Å². The molecular weight excluding hydrogens is 398 g/mol. The van der Waals surface area contributed by atoms with Crippen LogP contribution < -0.4 is 15.2 Å². The van der Waals surface area contributed by atoms with Crippen molar-refractivity contribution in [2.75, 3.05) is 14.2 Å². The van der Waals surface area contributed by atoms with E-state index in [-0.39, 0.29) is 5.56 Å². The molecule has 2 aromatic heterocycles. The summed E-state index contributed by atoms with van der Waals surface area (Å²) in [7, 11) is 3.75. The molecule has 1 N–H and O–H groups in total. The molecular formula is C22H24N5O2S+. The third-order valence-electron chi connectivity index (χ3n) is 5.08. The Bertz CT molecular complexity index is 1330. The Morgan fingerprint density at radius 1 is 1.20 bits per heavy atom. The molecule has 0 aliphatic carbocycles. The fraction of sp³-hybridized carbons (Fsp3) is 0.227. The molecule has 154 valence electrons. The second kappa shape index (κ2) is 8.25. The van der Waals surface area contributed by atoms with Crippen molar-refractivity contribution in [2.24, 2.45) is 0 Å². The summed E-state index contributed by atoms with van der Waals surface area (Å²) in [6.07, 6.45) is 1.69. The van der Waals surface area contributed by atoms with Gasteiger partial charge in [-0.15, -0.1) is 11.7 Å². The molecule has 8 heteroatoms. The Labute approximate surface area is 179 Å². The van der Waals surface area contributed by atoms with E-state index in [0.29, 0.717) is 29.1 Å². The van der Waals surface area contributed by atoms with Crippen LogP contribution in [0, 0.1) is 4.77 Å². The van der Waals surface area contributed by atoms with Crippen LogP contribution in [0.5, 0.6) is 5.75 Å². The number of aromatic nitrogens is 4. The number of hydrogen-bond acceptors (Lipinski definition) is 4. The maximum Gasteiger partial charge on any atom is 0.263 e. The second-order valence-corrected chi connectivity index (χ2v) is 7.64. The predicted octanol–water partition coefficient (Wildman–Crippen LogP) is 2.05. The van der Waals surface area contributed by atoms with Gasteiger partial charge in [0.2, 0.25) is 10.5 Å². The standard InChI is InChI=1S/C22H23N5O2S/c1-4-13-25-20(28)18-7-5-6-8-19(18)27-21(25)23-26(22(27)30)15-24(2)14-16-9-11-17(29-3)12-10-16/h4-12H,1,13-15H2,2-3H3/p+1. The lowest BCUT2D eigenvalue weighted by atomic mass is 10.2. The summed E-state index contributed by atoms with van der Waals surface area (Å²) in [4.78, 5) is 14.2. The van der Waals surface area contributed by atoms with Crippen molar-refractivity contribution in [1.82, 2.24) is 18.7 Å². The van der Waals surface area contributed by atoms with Crippen molar-refractivity contribution in [1.29, 1.82) is 0 Å². The van der Waals surface area contributed by atoms with Gasteiger partial charge in [-0.3, -0.25) is 13.8 Å². The van der Waals surface area contributed by atoms with Gasteiger partial charge in [-0.1, -0.05) is 18.2 Å². The van der Waals surface area contributed by atoms with Gasteiger partial charge in [0.1, 0.15) is 12.3 Å². The molecule has 0 aliphatic rings. The van der Waals surface area contributed by atoms with E-state index in [1.807, 2.05) is 40.8 Å². The predicted molar refractivity (Wildman–Crippen MR) is 120 cm³/mol. The van der Waals surface area contributed by atoms with Gasteiger partial charge in [0.25, 0.3) is 5.56 Å². The average Bonchev–Trinajstić information content (AvgIpc) is 3.07. The first-order chi connectivity index (χ1) is 14.5. The first-order valence-corrected chi connectivity index (χ1v) is 10.1. The number of fused-ring (bicyclic) bond motifs is 3. The number of nitrogens with zero attached hydrogens (tertiary/aromatic N) is 4. The molecule has 4 rings (SSSR count). The van der Waals surface area contributed by atoms with Crippen LogP contribution in [0.25, 0.3) is 16.7 Å². The van der Waals surface area contributed by atoms with E-state index in [4.69, 9.17) is 22.1 Å². The van der Waals surface area contributed by atoms with Crippen LogP contribution in [0.1, 0.15) is 5.56 Å². The zero-order valence-corrected chi connectivity index (χ0v) is 17.9. The SMILES string of the molecule is C=CCn1c(=O)c2ccccc2n2c(=S)n(C[NH+](C)Cc3ccc(OC)cc3)nc12. The van der Waals surface area contributed by atoms with Gasteiger partial charge >= 0.3 is 0 Å². The van der Waals surface area contributed by atoms with E-state index in [1.165, 1.54) is 10.5 Å². The normalized spacial score (nSPS) is 12.3. The molecule has 0 aliphatic heterocycles. The zero-order chi connectivity index (χ0) is 21.3. The lowest BCUT2D eigenvalue weighted by Gasteiger charge is -2.13. The van der Waals surface area contributed by atoms with Crippen molar-refractivity contribution in [3.8, 4) is 5.75 Å². The highest BCUT2D eigenvalue weighted by Gasteiger charge is 2.16. The minimum Gasteiger partial charge on any atom is -0.497 e. The fourth-order valence-corrected chi connectivity index (χ4v) is 3.95. The molecule has 0 saturated heterocycles. The Hall–Kier alpha value is -3.23. The van der Waals surface area contributed by atoms with Crippen molar-refractivity contribution >= 4 is 28.9 Å². The van der Waals surface area contributed by atoms with E-state index >= 15 is 0 Å². The molecule has 4 aromatic rings. The lowest BCUT2D eigenvalue weighted by Crippen LogP contribution is -3.07. The highest BCUT2D eigenvalue weighted by Crippen LogP contribution is 2.14. The number of quaternary nitrogens is 1. The average molecular weight is 423 g/mol. The van der Waals surface area contributed by atoms with E-state index in [0.717, 1.165) is 17.8 Å². The van der Waals surface area contributed by atoms with Crippen molar-refractivity contribution in [2.45, 2.75) is 19.8 Å². The summed E-state index contributed by atoms with van der Waals surface area (Å²) >= 11 is 5.75. The number of methoxy groups -OCH3 is 1. The van der Waals surface area contributed by atoms with Gasteiger partial charge in [-0.25, -0.2) is 0 Å². The van der Waals surface area contributed by atoms with Crippen molar-refractivity contribution in [3.05, 3.63) is 81.9 Å². The maximum atomic E-state index is 13.0. The second-order valence-electron chi connectivity index (χ2n) is 7.28. The molecule has 0 spiro atoms. The highest BCUT2D eigenvalue weighted by atomic mass is 32.1. The number of ether oxygens (including phenoxy) is 1. The topological polar surface area (TPSA) is 57.9 Å². The van der Waals surface area contributed by atoms with Crippen LogP contribution in [0.3, 0.4) is 0 Å². The largest absolute Gasteiger partial charge is 0.497 e. The molecule has 0 amide bonds. The minimum atomic E-state index is -0.0934. The fourth-order valence-electron chi connectivity index (χ4n) is 3.67. The minimum absolute atomic E-state index is 0.0934. The van der Waals surface area contributed by atoms with Gasteiger partial charge in [0.05, 0.1) is 25.1 Å². The number of para-hydroxylation sites is 1. The number of allylic oxidation sites excluding steroid dienone is 1. The van der Waals surface area contributed by atoms with Crippen molar-refractivity contribution < 1.29 is 9.64 Å². The Morgan fingerprint density at radius 2 is 1.93 bits per heavy atom. The molecule has 7 nitrogen and oxygen atoms in total. The van der Waals surface area contributed by atoms with E-state index in [2.05, 4.69) is 25.8 Å². The Morgan fingerprint density at radius 3 is 2.63 bits per heavy atom. The number of hydrogen-bond donors (Lipinski definition) is 1. The number of benzene rings is 2. The van der Waals surface area contributed by atoms with E-state index < -0.39 is 0 Å². The summed E-state index contributed by atoms with van der Waals surface area (Å²) in [6.45, 7) is 5.52. The molecule has 2 aromatic carbocycles. The van der Waals surface area contributed by atoms with Crippen LogP contribution in [-0.4, -0.2) is 32.9 Å². The molecule has 0 radical (unpaired) electrons. The molecule has 0 saturated carbocycles. The highest BCUT2D eigenvalue weighted by molar-refractivity contribution is 7.71. The summed E-state index contributed by atoms with van der Waals surface area (Å²) < 4.78 is 11.1. The summed E-state index contributed by atoms with van der Waals surface area (Å²) in [5, 5.41) is 5.31. The Balaban J connectivity index is 1.74. The van der Waals surface area contributed by atoms with Crippen molar-refractivity contribution in [3.63, 3.8) is 0 Å². The van der Waals surface area contributed by atoms with Crippen LogP contribution in [-0.2, 0) is 19.8 Å². The summed E-state index contributed by atoms with van der Waals surface area (Å²) in [6, 6.07) is 15.5. The van der Waals surface area contributed by atoms with Gasteiger partial charge in [-0.05, 0) is 48.6 Å². The molecule has 2 heterocycles. The van der Waals surface area contributed by atoms with Gasteiger partial charge in [-0.2, -0.15) is 4.68 Å².